The Bertz CT molecular complexity index is 1050. The second-order valence-electron chi connectivity index (χ2n) is 5.48. The second kappa shape index (κ2) is 7.70. The minimum absolute atomic E-state index is 0.0540. The molecule has 1 aromatic rings. The monoisotopic (exact) mass is 414 g/mol. The first kappa shape index (κ1) is 20.3. The molecular weight excluding hydrogens is 400 g/mol. The second-order valence-corrected chi connectivity index (χ2v) is 8.69. The van der Waals surface area contributed by atoms with Crippen LogP contribution in [0.3, 0.4) is 0 Å². The van der Waals surface area contributed by atoms with Gasteiger partial charge in [0.25, 0.3) is 20.2 Å². The van der Waals surface area contributed by atoms with Crippen LogP contribution in [0, 0.1) is 11.3 Å². The van der Waals surface area contributed by atoms with Crippen LogP contribution in [0.2, 0.25) is 0 Å². The molecule has 1 aliphatic carbocycles. The van der Waals surface area contributed by atoms with Gasteiger partial charge in [-0.2, -0.15) is 21.8 Å². The summed E-state index contributed by atoms with van der Waals surface area (Å²) in [4.78, 5) is 3.21. The molecule has 1 aliphatic rings. The number of hydrogen-bond donors (Lipinski definition) is 3. The lowest BCUT2D eigenvalue weighted by molar-refractivity contribution is 0.457. The number of nitrogens with zero attached hydrogens (tertiary/aromatic N) is 1. The van der Waals surface area contributed by atoms with Gasteiger partial charge in [-0.1, -0.05) is 24.3 Å². The summed E-state index contributed by atoms with van der Waals surface area (Å²) < 4.78 is 64.9. The molecule has 0 saturated carbocycles. The molecule has 0 radical (unpaired) electrons. The lowest BCUT2D eigenvalue weighted by Gasteiger charge is -2.22. The van der Waals surface area contributed by atoms with Crippen molar-refractivity contribution in [1.29, 1.82) is 5.41 Å². The lowest BCUT2D eigenvalue weighted by atomic mass is 9.93. The van der Waals surface area contributed by atoms with Gasteiger partial charge in [-0.05, 0) is 36.0 Å². The maximum atomic E-state index is 11.6. The molecule has 0 spiro atoms. The molecule has 0 bridgehead atoms. The minimum Gasteiger partial charge on any atom is -0.305 e. The summed E-state index contributed by atoms with van der Waals surface area (Å²) in [5, 5.41) is 8.38. The summed E-state index contributed by atoms with van der Waals surface area (Å²) in [6.07, 6.45) is 5.37. The molecule has 0 aromatic heterocycles. The third-order valence-electron chi connectivity index (χ3n) is 3.70. The SMILES string of the molecule is N=C1C=CC(C=Cc2ccc(N=C=S)cc2S(=O)(=O)O)C(S(=O)(=O)O)C1. The highest BCUT2D eigenvalue weighted by atomic mass is 32.2. The third kappa shape index (κ3) is 5.01. The molecule has 2 unspecified atom stereocenters. The summed E-state index contributed by atoms with van der Waals surface area (Å²) in [5.74, 6) is -0.771. The highest BCUT2D eigenvalue weighted by molar-refractivity contribution is 7.86. The van der Waals surface area contributed by atoms with Crippen LogP contribution in [0.15, 0.2) is 46.3 Å². The Morgan fingerprint density at radius 1 is 1.27 bits per heavy atom. The summed E-state index contributed by atoms with van der Waals surface area (Å²) in [7, 11) is -8.98. The molecule has 0 amide bonds. The van der Waals surface area contributed by atoms with Crippen molar-refractivity contribution in [2.45, 2.75) is 16.6 Å². The summed E-state index contributed by atoms with van der Waals surface area (Å²) in [5.41, 5.74) is 0.323. The molecule has 138 valence electrons. The van der Waals surface area contributed by atoms with Gasteiger partial charge in [0.2, 0.25) is 0 Å². The number of nitrogens with one attached hydrogen (secondary N) is 1. The van der Waals surface area contributed by atoms with Gasteiger partial charge in [0.1, 0.15) is 10.1 Å². The van der Waals surface area contributed by atoms with Crippen LogP contribution in [0.1, 0.15) is 12.0 Å². The van der Waals surface area contributed by atoms with E-state index in [4.69, 9.17) is 5.41 Å². The predicted molar refractivity (Wildman–Crippen MR) is 100 cm³/mol. The molecule has 8 nitrogen and oxygen atoms in total. The van der Waals surface area contributed by atoms with Crippen molar-refractivity contribution in [3.05, 3.63) is 42.0 Å². The molecular formula is C15H14N2O6S3. The van der Waals surface area contributed by atoms with Gasteiger partial charge < -0.3 is 5.41 Å². The van der Waals surface area contributed by atoms with Crippen LogP contribution in [-0.2, 0) is 20.2 Å². The molecule has 0 fully saturated rings. The van der Waals surface area contributed by atoms with E-state index < -0.39 is 36.3 Å². The standard InChI is InChI=1S/C15H14N2O6S3/c16-12-5-3-10(14(7-12)25(18,19)20)1-2-11-4-6-13(17-9-24)8-15(11)26(21,22)23/h1-6,8,10,14,16H,7H2,(H,18,19,20)(H,21,22,23). The van der Waals surface area contributed by atoms with Crippen molar-refractivity contribution in [3.8, 4) is 0 Å². The van der Waals surface area contributed by atoms with Crippen molar-refractivity contribution in [3.63, 3.8) is 0 Å². The lowest BCUT2D eigenvalue weighted by Crippen LogP contribution is -2.32. The van der Waals surface area contributed by atoms with Gasteiger partial charge in [0.15, 0.2) is 0 Å². The Labute approximate surface area is 156 Å². The van der Waals surface area contributed by atoms with Crippen molar-refractivity contribution < 1.29 is 25.9 Å². The van der Waals surface area contributed by atoms with E-state index in [1.807, 2.05) is 0 Å². The summed E-state index contributed by atoms with van der Waals surface area (Å²) >= 11 is 4.45. The number of thiocarbonyl (C=S) groups is 1. The highest BCUT2D eigenvalue weighted by Gasteiger charge is 2.32. The maximum Gasteiger partial charge on any atom is 0.295 e. The normalized spacial score (nSPS) is 20.9. The minimum atomic E-state index is -4.57. The Morgan fingerprint density at radius 2 is 1.96 bits per heavy atom. The molecule has 0 saturated heterocycles. The Balaban J connectivity index is 2.48. The fourth-order valence-electron chi connectivity index (χ4n) is 2.49. The van der Waals surface area contributed by atoms with E-state index >= 15 is 0 Å². The summed E-state index contributed by atoms with van der Waals surface area (Å²) in [6.45, 7) is 0. The van der Waals surface area contributed by atoms with Crippen molar-refractivity contribution in [2.75, 3.05) is 0 Å². The van der Waals surface area contributed by atoms with Gasteiger partial charge in [-0.3, -0.25) is 9.11 Å². The van der Waals surface area contributed by atoms with Crippen LogP contribution < -0.4 is 0 Å². The number of aliphatic imine (C=N–C) groups is 1. The number of hydrogen-bond acceptors (Lipinski definition) is 7. The highest BCUT2D eigenvalue weighted by Crippen LogP contribution is 2.27. The molecule has 26 heavy (non-hydrogen) atoms. The molecule has 0 heterocycles. The van der Waals surface area contributed by atoms with Crippen molar-refractivity contribution in [2.24, 2.45) is 10.9 Å². The molecule has 2 rings (SSSR count). The maximum absolute atomic E-state index is 11.6. The van der Waals surface area contributed by atoms with Gasteiger partial charge >= 0.3 is 0 Å². The summed E-state index contributed by atoms with van der Waals surface area (Å²) in [6, 6.07) is 3.91. The van der Waals surface area contributed by atoms with E-state index in [1.54, 1.807) is 0 Å². The molecule has 2 atom stereocenters. The van der Waals surface area contributed by atoms with E-state index in [1.165, 1.54) is 36.4 Å². The quantitative estimate of drug-likeness (QED) is 0.381. The van der Waals surface area contributed by atoms with E-state index in [9.17, 15) is 25.9 Å². The van der Waals surface area contributed by atoms with Gasteiger partial charge in [-0.15, -0.1) is 0 Å². The topological polar surface area (TPSA) is 145 Å². The van der Waals surface area contributed by atoms with E-state index in [0.29, 0.717) is 0 Å². The first-order valence-corrected chi connectivity index (χ1v) is 10.5. The average molecular weight is 414 g/mol. The van der Waals surface area contributed by atoms with Crippen LogP contribution in [0.5, 0.6) is 0 Å². The Kier molecular flexibility index (Phi) is 6.02. The number of benzene rings is 1. The molecule has 3 N–H and O–H groups in total. The molecule has 0 aliphatic heterocycles. The average Bonchev–Trinajstić information content (AvgIpc) is 2.53. The first-order valence-electron chi connectivity index (χ1n) is 7.12. The fraction of sp³-hybridized carbons (Fsp3) is 0.200. The zero-order valence-electron chi connectivity index (χ0n) is 13.1. The van der Waals surface area contributed by atoms with Gasteiger partial charge in [0.05, 0.1) is 10.8 Å². The van der Waals surface area contributed by atoms with E-state index in [2.05, 4.69) is 22.4 Å². The van der Waals surface area contributed by atoms with Gasteiger partial charge in [-0.25, -0.2) is 0 Å². The largest absolute Gasteiger partial charge is 0.305 e. The van der Waals surface area contributed by atoms with Crippen LogP contribution >= 0.6 is 12.2 Å². The number of rotatable bonds is 5. The Hall–Kier alpha value is -2.01. The predicted octanol–water partition coefficient (Wildman–Crippen LogP) is 2.53. The van der Waals surface area contributed by atoms with Crippen LogP contribution in [-0.4, -0.2) is 42.1 Å². The van der Waals surface area contributed by atoms with Crippen molar-refractivity contribution >= 4 is 55.1 Å². The number of isothiocyanates is 1. The molecule has 11 heteroatoms. The van der Waals surface area contributed by atoms with Crippen LogP contribution in [0.4, 0.5) is 5.69 Å². The third-order valence-corrected chi connectivity index (χ3v) is 5.95. The van der Waals surface area contributed by atoms with Crippen molar-refractivity contribution in [1.82, 2.24) is 0 Å². The first-order chi connectivity index (χ1) is 12.0. The molecule has 1 aromatic carbocycles. The van der Waals surface area contributed by atoms with E-state index in [0.717, 1.165) is 6.07 Å². The smallest absolute Gasteiger partial charge is 0.295 e. The van der Waals surface area contributed by atoms with Crippen LogP contribution in [0.25, 0.3) is 6.08 Å². The Morgan fingerprint density at radius 3 is 2.54 bits per heavy atom. The zero-order chi connectivity index (χ0) is 19.5. The van der Waals surface area contributed by atoms with Gasteiger partial charge in [0, 0.05) is 18.1 Å². The number of allylic oxidation sites excluding steroid dienone is 3. The van der Waals surface area contributed by atoms with E-state index in [-0.39, 0.29) is 23.4 Å². The fourth-order valence-corrected chi connectivity index (χ4v) is 4.26. The zero-order valence-corrected chi connectivity index (χ0v) is 15.6.